The van der Waals surface area contributed by atoms with Crippen molar-refractivity contribution in [3.63, 3.8) is 0 Å². The van der Waals surface area contributed by atoms with Crippen LogP contribution < -0.4 is 0 Å². The SMILES string of the molecule is CCC(C)N(C)C(=O)Cc1ccc(C)cc1. The summed E-state index contributed by atoms with van der Waals surface area (Å²) in [6.45, 7) is 6.23. The van der Waals surface area contributed by atoms with Gasteiger partial charge in [0.2, 0.25) is 5.91 Å². The number of benzene rings is 1. The molecule has 0 fully saturated rings. The van der Waals surface area contributed by atoms with Gasteiger partial charge in [-0.25, -0.2) is 0 Å². The summed E-state index contributed by atoms with van der Waals surface area (Å²) < 4.78 is 0. The molecule has 2 nitrogen and oxygen atoms in total. The molecule has 0 aliphatic rings. The summed E-state index contributed by atoms with van der Waals surface area (Å²) in [5.41, 5.74) is 2.32. The largest absolute Gasteiger partial charge is 0.343 e. The van der Waals surface area contributed by atoms with E-state index < -0.39 is 0 Å². The molecular formula is C14H21NO. The number of nitrogens with zero attached hydrogens (tertiary/aromatic N) is 1. The van der Waals surface area contributed by atoms with E-state index in [1.54, 1.807) is 0 Å². The van der Waals surface area contributed by atoms with Gasteiger partial charge in [-0.15, -0.1) is 0 Å². The van der Waals surface area contributed by atoms with E-state index in [0.717, 1.165) is 12.0 Å². The van der Waals surface area contributed by atoms with Crippen LogP contribution in [0.25, 0.3) is 0 Å². The molecule has 0 N–H and O–H groups in total. The highest BCUT2D eigenvalue weighted by Crippen LogP contribution is 2.08. The third-order valence-electron chi connectivity index (χ3n) is 3.12. The molecule has 0 radical (unpaired) electrons. The Morgan fingerprint density at radius 3 is 2.38 bits per heavy atom. The van der Waals surface area contributed by atoms with Crippen LogP contribution in [0.15, 0.2) is 24.3 Å². The van der Waals surface area contributed by atoms with Crippen molar-refractivity contribution < 1.29 is 4.79 Å². The first-order chi connectivity index (χ1) is 7.54. The molecule has 88 valence electrons. The fraction of sp³-hybridized carbons (Fsp3) is 0.500. The first-order valence-electron chi connectivity index (χ1n) is 5.85. The van der Waals surface area contributed by atoms with Gasteiger partial charge in [0, 0.05) is 13.1 Å². The minimum absolute atomic E-state index is 0.193. The van der Waals surface area contributed by atoms with Gasteiger partial charge in [0.05, 0.1) is 6.42 Å². The van der Waals surface area contributed by atoms with Crippen LogP contribution in [0.5, 0.6) is 0 Å². The molecule has 2 heteroatoms. The van der Waals surface area contributed by atoms with Gasteiger partial charge >= 0.3 is 0 Å². The molecule has 0 bridgehead atoms. The number of hydrogen-bond donors (Lipinski definition) is 0. The van der Waals surface area contributed by atoms with E-state index >= 15 is 0 Å². The second-order valence-corrected chi connectivity index (χ2v) is 4.42. The van der Waals surface area contributed by atoms with E-state index in [0.29, 0.717) is 12.5 Å². The first kappa shape index (κ1) is 12.8. The van der Waals surface area contributed by atoms with Crippen molar-refractivity contribution in [1.29, 1.82) is 0 Å². The van der Waals surface area contributed by atoms with E-state index in [4.69, 9.17) is 0 Å². The Morgan fingerprint density at radius 2 is 1.88 bits per heavy atom. The molecular weight excluding hydrogens is 198 g/mol. The Morgan fingerprint density at radius 1 is 1.31 bits per heavy atom. The molecule has 0 aliphatic heterocycles. The van der Waals surface area contributed by atoms with Gasteiger partial charge in [0.15, 0.2) is 0 Å². The van der Waals surface area contributed by atoms with Gasteiger partial charge < -0.3 is 4.90 Å². The lowest BCUT2D eigenvalue weighted by Gasteiger charge is -2.23. The van der Waals surface area contributed by atoms with E-state index in [9.17, 15) is 4.79 Å². The molecule has 1 atom stereocenters. The summed E-state index contributed by atoms with van der Waals surface area (Å²) >= 11 is 0. The van der Waals surface area contributed by atoms with Crippen molar-refractivity contribution in [2.24, 2.45) is 0 Å². The van der Waals surface area contributed by atoms with Crippen LogP contribution in [-0.4, -0.2) is 23.9 Å². The number of carbonyl (C=O) groups is 1. The lowest BCUT2D eigenvalue weighted by Crippen LogP contribution is -2.35. The maximum absolute atomic E-state index is 11.9. The Hall–Kier alpha value is -1.31. The van der Waals surface area contributed by atoms with Gasteiger partial charge in [-0.05, 0) is 25.8 Å². The van der Waals surface area contributed by atoms with Gasteiger partial charge in [0.1, 0.15) is 0 Å². The quantitative estimate of drug-likeness (QED) is 0.762. The molecule has 1 aromatic rings. The molecule has 16 heavy (non-hydrogen) atoms. The predicted octanol–water partition coefficient (Wildman–Crippen LogP) is 2.79. The summed E-state index contributed by atoms with van der Waals surface area (Å²) in [4.78, 5) is 13.8. The minimum atomic E-state index is 0.193. The van der Waals surface area contributed by atoms with Crippen molar-refractivity contribution in [2.75, 3.05) is 7.05 Å². The molecule has 1 unspecified atom stereocenters. The highest BCUT2D eigenvalue weighted by atomic mass is 16.2. The summed E-state index contributed by atoms with van der Waals surface area (Å²) in [5.74, 6) is 0.193. The lowest BCUT2D eigenvalue weighted by molar-refractivity contribution is -0.130. The number of rotatable bonds is 4. The van der Waals surface area contributed by atoms with Crippen LogP contribution in [0.1, 0.15) is 31.4 Å². The average Bonchev–Trinajstić information content (AvgIpc) is 2.30. The number of likely N-dealkylation sites (N-methyl/N-ethyl adjacent to an activating group) is 1. The highest BCUT2D eigenvalue weighted by molar-refractivity contribution is 5.78. The Balaban J connectivity index is 2.60. The van der Waals surface area contributed by atoms with Gasteiger partial charge in [-0.2, -0.15) is 0 Å². The Bertz CT molecular complexity index is 342. The maximum Gasteiger partial charge on any atom is 0.226 e. The molecule has 1 amide bonds. The second kappa shape index (κ2) is 5.69. The van der Waals surface area contributed by atoms with Crippen LogP contribution in [0, 0.1) is 6.92 Å². The molecule has 0 saturated carbocycles. The van der Waals surface area contributed by atoms with E-state index in [-0.39, 0.29) is 5.91 Å². The van der Waals surface area contributed by atoms with Crippen LogP contribution in [-0.2, 0) is 11.2 Å². The van der Waals surface area contributed by atoms with Crippen LogP contribution in [0.4, 0.5) is 0 Å². The van der Waals surface area contributed by atoms with Crippen LogP contribution in [0.2, 0.25) is 0 Å². The monoisotopic (exact) mass is 219 g/mol. The Labute approximate surface area is 98.3 Å². The summed E-state index contributed by atoms with van der Waals surface area (Å²) in [5, 5.41) is 0. The first-order valence-corrected chi connectivity index (χ1v) is 5.85. The van der Waals surface area contributed by atoms with Gasteiger partial charge in [-0.1, -0.05) is 36.8 Å². The number of hydrogen-bond acceptors (Lipinski definition) is 1. The van der Waals surface area contributed by atoms with E-state index in [2.05, 4.69) is 20.8 Å². The molecule has 1 aromatic carbocycles. The Kier molecular flexibility index (Phi) is 4.53. The fourth-order valence-electron chi connectivity index (χ4n) is 1.52. The smallest absolute Gasteiger partial charge is 0.226 e. The van der Waals surface area contributed by atoms with Crippen molar-refractivity contribution in [3.8, 4) is 0 Å². The predicted molar refractivity (Wildman–Crippen MR) is 67.4 cm³/mol. The van der Waals surface area contributed by atoms with Crippen molar-refractivity contribution in [2.45, 2.75) is 39.7 Å². The second-order valence-electron chi connectivity index (χ2n) is 4.42. The van der Waals surface area contributed by atoms with Crippen molar-refractivity contribution in [3.05, 3.63) is 35.4 Å². The number of aryl methyl sites for hydroxylation is 1. The standard InChI is InChI=1S/C14H21NO/c1-5-12(3)15(4)14(16)10-13-8-6-11(2)7-9-13/h6-9,12H,5,10H2,1-4H3. The lowest BCUT2D eigenvalue weighted by atomic mass is 10.1. The van der Waals surface area contributed by atoms with Crippen LogP contribution >= 0.6 is 0 Å². The number of carbonyl (C=O) groups excluding carboxylic acids is 1. The van der Waals surface area contributed by atoms with E-state index in [1.807, 2.05) is 36.2 Å². The zero-order valence-corrected chi connectivity index (χ0v) is 10.7. The zero-order chi connectivity index (χ0) is 12.1. The third-order valence-corrected chi connectivity index (χ3v) is 3.12. The third kappa shape index (κ3) is 3.37. The number of amides is 1. The molecule has 0 heterocycles. The van der Waals surface area contributed by atoms with Gasteiger partial charge in [-0.3, -0.25) is 4.79 Å². The minimum Gasteiger partial charge on any atom is -0.343 e. The molecule has 0 saturated heterocycles. The molecule has 0 aromatic heterocycles. The van der Waals surface area contributed by atoms with E-state index in [1.165, 1.54) is 5.56 Å². The van der Waals surface area contributed by atoms with Crippen LogP contribution in [0.3, 0.4) is 0 Å². The van der Waals surface area contributed by atoms with Crippen molar-refractivity contribution >= 4 is 5.91 Å². The average molecular weight is 219 g/mol. The molecule has 0 spiro atoms. The normalized spacial score (nSPS) is 12.2. The highest BCUT2D eigenvalue weighted by Gasteiger charge is 2.14. The summed E-state index contributed by atoms with van der Waals surface area (Å²) in [7, 11) is 1.88. The topological polar surface area (TPSA) is 20.3 Å². The summed E-state index contributed by atoms with van der Waals surface area (Å²) in [6.07, 6.45) is 1.50. The zero-order valence-electron chi connectivity index (χ0n) is 10.7. The maximum atomic E-state index is 11.9. The van der Waals surface area contributed by atoms with Gasteiger partial charge in [0.25, 0.3) is 0 Å². The van der Waals surface area contributed by atoms with Crippen molar-refractivity contribution in [1.82, 2.24) is 4.90 Å². The molecule has 0 aliphatic carbocycles. The summed E-state index contributed by atoms with van der Waals surface area (Å²) in [6, 6.07) is 8.46. The fourth-order valence-corrected chi connectivity index (χ4v) is 1.52. The molecule has 1 rings (SSSR count).